The molecule has 2 saturated heterocycles. The highest BCUT2D eigenvalue weighted by molar-refractivity contribution is 7.89. The summed E-state index contributed by atoms with van der Waals surface area (Å²) in [6.07, 6.45) is 2.98. The first-order valence-corrected chi connectivity index (χ1v) is 8.41. The summed E-state index contributed by atoms with van der Waals surface area (Å²) in [5.74, 6) is 0.565. The summed E-state index contributed by atoms with van der Waals surface area (Å²) in [7, 11) is -3.14. The van der Waals surface area contributed by atoms with Crippen molar-refractivity contribution in [3.8, 4) is 0 Å². The van der Waals surface area contributed by atoms with Crippen molar-refractivity contribution >= 4 is 10.0 Å². The van der Waals surface area contributed by atoms with Gasteiger partial charge < -0.3 is 10.4 Å². The molecule has 6 heteroatoms. The molecule has 2 fully saturated rings. The molecule has 2 N–H and O–H groups in total. The molecule has 5 nitrogen and oxygen atoms in total. The van der Waals surface area contributed by atoms with Crippen molar-refractivity contribution in [3.05, 3.63) is 0 Å². The summed E-state index contributed by atoms with van der Waals surface area (Å²) in [4.78, 5) is 0. The fraction of sp³-hybridized carbons (Fsp3) is 1.00. The molecule has 2 aliphatic rings. The Hall–Kier alpha value is -0.170. The molecular formula is C12H24N2O3S. The van der Waals surface area contributed by atoms with Crippen LogP contribution < -0.4 is 5.32 Å². The zero-order valence-electron chi connectivity index (χ0n) is 11.1. The highest BCUT2D eigenvalue weighted by Gasteiger charge is 2.34. The van der Waals surface area contributed by atoms with Crippen LogP contribution in [-0.4, -0.2) is 55.4 Å². The maximum absolute atomic E-state index is 12.3. The number of hydrogen-bond acceptors (Lipinski definition) is 4. The van der Waals surface area contributed by atoms with E-state index in [0.29, 0.717) is 31.8 Å². The molecule has 0 atom stereocenters. The van der Waals surface area contributed by atoms with E-state index in [2.05, 4.69) is 5.32 Å². The van der Waals surface area contributed by atoms with Crippen LogP contribution in [0.15, 0.2) is 0 Å². The molecule has 0 saturated carbocycles. The van der Waals surface area contributed by atoms with Crippen molar-refractivity contribution < 1.29 is 13.5 Å². The van der Waals surface area contributed by atoms with E-state index >= 15 is 0 Å². The summed E-state index contributed by atoms with van der Waals surface area (Å²) in [6, 6.07) is 0. The molecule has 0 aromatic rings. The predicted molar refractivity (Wildman–Crippen MR) is 70.8 cm³/mol. The first-order valence-electron chi connectivity index (χ1n) is 6.80. The van der Waals surface area contributed by atoms with Gasteiger partial charge in [-0.25, -0.2) is 12.7 Å². The van der Waals surface area contributed by atoms with Gasteiger partial charge in [0.05, 0.1) is 11.4 Å². The molecule has 0 amide bonds. The standard InChI is InChI=1S/C12H24N2O3S/c1-12(15)4-8-14(9-5-12)18(16,17)10-11-2-6-13-7-3-11/h11,13,15H,2-10H2,1H3. The quantitative estimate of drug-likeness (QED) is 0.770. The Kier molecular flexibility index (Phi) is 4.31. The number of hydrogen-bond donors (Lipinski definition) is 2. The van der Waals surface area contributed by atoms with E-state index in [0.717, 1.165) is 25.9 Å². The smallest absolute Gasteiger partial charge is 0.214 e. The van der Waals surface area contributed by atoms with E-state index in [-0.39, 0.29) is 5.75 Å². The lowest BCUT2D eigenvalue weighted by atomic mass is 9.95. The number of aliphatic hydroxyl groups is 1. The van der Waals surface area contributed by atoms with Gasteiger partial charge in [-0.3, -0.25) is 0 Å². The highest BCUT2D eigenvalue weighted by Crippen LogP contribution is 2.25. The second-order valence-corrected chi connectivity index (χ2v) is 7.88. The third-order valence-corrected chi connectivity index (χ3v) is 6.14. The van der Waals surface area contributed by atoms with Crippen molar-refractivity contribution in [2.75, 3.05) is 31.9 Å². The molecule has 106 valence electrons. The average molecular weight is 276 g/mol. The topological polar surface area (TPSA) is 69.6 Å². The Labute approximate surface area is 110 Å². The minimum Gasteiger partial charge on any atom is -0.390 e. The zero-order chi connectivity index (χ0) is 13.2. The molecule has 2 heterocycles. The van der Waals surface area contributed by atoms with E-state index in [1.165, 1.54) is 0 Å². The Morgan fingerprint density at radius 3 is 2.39 bits per heavy atom. The molecule has 2 rings (SSSR count). The summed E-state index contributed by atoms with van der Waals surface area (Å²) in [6.45, 7) is 4.55. The van der Waals surface area contributed by atoms with Crippen LogP contribution in [0.5, 0.6) is 0 Å². The molecule has 0 unspecified atom stereocenters. The molecule has 0 aliphatic carbocycles. The SMILES string of the molecule is CC1(O)CCN(S(=O)(=O)CC2CCNCC2)CC1. The molecule has 2 aliphatic heterocycles. The Morgan fingerprint density at radius 2 is 1.83 bits per heavy atom. The number of sulfonamides is 1. The van der Waals surface area contributed by atoms with E-state index < -0.39 is 15.6 Å². The molecular weight excluding hydrogens is 252 g/mol. The molecule has 0 spiro atoms. The third-order valence-electron chi connectivity index (χ3n) is 4.10. The lowest BCUT2D eigenvalue weighted by Gasteiger charge is -2.36. The lowest BCUT2D eigenvalue weighted by Crippen LogP contribution is -2.47. The monoisotopic (exact) mass is 276 g/mol. The van der Waals surface area contributed by atoms with E-state index in [4.69, 9.17) is 0 Å². The van der Waals surface area contributed by atoms with Crippen LogP contribution in [-0.2, 0) is 10.0 Å². The van der Waals surface area contributed by atoms with Gasteiger partial charge >= 0.3 is 0 Å². The van der Waals surface area contributed by atoms with Crippen molar-refractivity contribution in [2.24, 2.45) is 5.92 Å². The molecule has 0 bridgehead atoms. The van der Waals surface area contributed by atoms with Gasteiger partial charge in [0.15, 0.2) is 0 Å². The van der Waals surface area contributed by atoms with E-state index in [1.54, 1.807) is 11.2 Å². The number of rotatable bonds is 3. The maximum atomic E-state index is 12.3. The van der Waals surface area contributed by atoms with Crippen LogP contribution in [0.1, 0.15) is 32.6 Å². The van der Waals surface area contributed by atoms with Gasteiger partial charge in [0.2, 0.25) is 10.0 Å². The summed E-state index contributed by atoms with van der Waals surface area (Å²) >= 11 is 0. The van der Waals surface area contributed by atoms with Crippen molar-refractivity contribution in [1.29, 1.82) is 0 Å². The van der Waals surface area contributed by atoms with Gasteiger partial charge in [-0.05, 0) is 51.6 Å². The van der Waals surface area contributed by atoms with Crippen LogP contribution in [0, 0.1) is 5.92 Å². The van der Waals surface area contributed by atoms with Crippen molar-refractivity contribution in [3.63, 3.8) is 0 Å². The number of nitrogens with zero attached hydrogens (tertiary/aromatic N) is 1. The first-order chi connectivity index (χ1) is 8.39. The predicted octanol–water partition coefficient (Wildman–Crippen LogP) is 0.163. The third kappa shape index (κ3) is 3.66. The normalized spacial score (nSPS) is 27.2. The highest BCUT2D eigenvalue weighted by atomic mass is 32.2. The molecule has 0 aromatic heterocycles. The Bertz CT molecular complexity index is 365. The second kappa shape index (κ2) is 5.45. The zero-order valence-corrected chi connectivity index (χ0v) is 11.9. The van der Waals surface area contributed by atoms with Gasteiger partial charge in [0, 0.05) is 13.1 Å². The molecule has 0 radical (unpaired) electrons. The molecule has 18 heavy (non-hydrogen) atoms. The van der Waals surface area contributed by atoms with E-state index in [9.17, 15) is 13.5 Å². The van der Waals surface area contributed by atoms with Gasteiger partial charge in [-0.2, -0.15) is 0 Å². The number of piperidine rings is 2. The van der Waals surface area contributed by atoms with Gasteiger partial charge in [-0.1, -0.05) is 0 Å². The average Bonchev–Trinajstić information content (AvgIpc) is 2.29. The second-order valence-electron chi connectivity index (χ2n) is 5.87. The number of nitrogens with one attached hydrogen (secondary N) is 1. The van der Waals surface area contributed by atoms with Crippen LogP contribution in [0.3, 0.4) is 0 Å². The molecule has 0 aromatic carbocycles. The van der Waals surface area contributed by atoms with Crippen LogP contribution in [0.25, 0.3) is 0 Å². The Morgan fingerprint density at radius 1 is 1.28 bits per heavy atom. The van der Waals surface area contributed by atoms with Crippen LogP contribution in [0.2, 0.25) is 0 Å². The largest absolute Gasteiger partial charge is 0.390 e. The minimum absolute atomic E-state index is 0.275. The van der Waals surface area contributed by atoms with Gasteiger partial charge in [-0.15, -0.1) is 0 Å². The maximum Gasteiger partial charge on any atom is 0.214 e. The fourth-order valence-electron chi connectivity index (χ4n) is 2.70. The summed E-state index contributed by atoms with van der Waals surface area (Å²) in [5.41, 5.74) is -0.694. The first kappa shape index (κ1) is 14.2. The Balaban J connectivity index is 1.90. The summed E-state index contributed by atoms with van der Waals surface area (Å²) in [5, 5.41) is 13.1. The lowest BCUT2D eigenvalue weighted by molar-refractivity contribution is 0.0125. The van der Waals surface area contributed by atoms with Crippen LogP contribution in [0.4, 0.5) is 0 Å². The summed E-state index contributed by atoms with van der Waals surface area (Å²) < 4.78 is 26.1. The van der Waals surface area contributed by atoms with E-state index in [1.807, 2.05) is 0 Å². The van der Waals surface area contributed by atoms with Gasteiger partial charge in [0.1, 0.15) is 0 Å². The van der Waals surface area contributed by atoms with Crippen LogP contribution >= 0.6 is 0 Å². The van der Waals surface area contributed by atoms with Crippen molar-refractivity contribution in [1.82, 2.24) is 9.62 Å². The fourth-order valence-corrected chi connectivity index (χ4v) is 4.58. The van der Waals surface area contributed by atoms with Crippen molar-refractivity contribution in [2.45, 2.75) is 38.2 Å². The van der Waals surface area contributed by atoms with Gasteiger partial charge in [0.25, 0.3) is 0 Å². The minimum atomic E-state index is -3.14.